The van der Waals surface area contributed by atoms with Crippen molar-refractivity contribution in [2.75, 3.05) is 6.61 Å². The Labute approximate surface area is 319 Å². The van der Waals surface area contributed by atoms with E-state index in [9.17, 15) is 15.0 Å². The Balaban J connectivity index is 3.46. The summed E-state index contributed by atoms with van der Waals surface area (Å²) in [5.41, 5.74) is 0. The molecular formula is C47H91NO3. The molecule has 0 aliphatic carbocycles. The van der Waals surface area contributed by atoms with Gasteiger partial charge >= 0.3 is 0 Å². The SMILES string of the molecule is CCCCCCCCCCC/C=C/C(O)C(CO)NC(=O)CCCCCCCCCCCCCC/C=C\CCCCCCCCCCCCCC. The standard InChI is InChI=1S/C47H91NO3/c1-3-5-7-9-11-13-15-16-17-18-19-20-21-22-23-24-25-26-27-28-29-30-31-33-35-37-39-41-43-47(51)48-45(44-49)46(50)42-40-38-36-34-32-14-12-10-8-6-4-2/h22-23,40,42,45-46,49-50H,3-21,24-39,41,43-44H2,1-2H3,(H,48,51)/b23-22-,42-40+. The maximum absolute atomic E-state index is 12.4. The molecule has 0 aromatic rings. The highest BCUT2D eigenvalue weighted by Crippen LogP contribution is 2.15. The molecule has 1 amide bonds. The molecular weight excluding hydrogens is 627 g/mol. The topological polar surface area (TPSA) is 69.6 Å². The van der Waals surface area contributed by atoms with Gasteiger partial charge in [0.05, 0.1) is 18.8 Å². The van der Waals surface area contributed by atoms with Crippen LogP contribution < -0.4 is 5.32 Å². The molecule has 0 rings (SSSR count). The molecule has 0 aliphatic heterocycles. The Morgan fingerprint density at radius 3 is 1.08 bits per heavy atom. The molecule has 3 N–H and O–H groups in total. The lowest BCUT2D eigenvalue weighted by Crippen LogP contribution is -2.45. The second-order valence-corrected chi connectivity index (χ2v) is 15.8. The molecule has 0 aliphatic rings. The highest BCUT2D eigenvalue weighted by molar-refractivity contribution is 5.76. The molecule has 51 heavy (non-hydrogen) atoms. The van der Waals surface area contributed by atoms with Crippen molar-refractivity contribution in [3.05, 3.63) is 24.3 Å². The van der Waals surface area contributed by atoms with E-state index in [1.54, 1.807) is 6.08 Å². The maximum atomic E-state index is 12.4. The Bertz CT molecular complexity index is 735. The van der Waals surface area contributed by atoms with Gasteiger partial charge in [0.15, 0.2) is 0 Å². The number of carbonyl (C=O) groups is 1. The molecule has 0 saturated carbocycles. The number of unbranched alkanes of at least 4 members (excludes halogenated alkanes) is 33. The fraction of sp³-hybridized carbons (Fsp3) is 0.894. The first-order valence-corrected chi connectivity index (χ1v) is 23.1. The lowest BCUT2D eigenvalue weighted by Gasteiger charge is -2.20. The third-order valence-corrected chi connectivity index (χ3v) is 10.7. The summed E-state index contributed by atoms with van der Waals surface area (Å²) in [4.78, 5) is 12.4. The van der Waals surface area contributed by atoms with Gasteiger partial charge in [0.2, 0.25) is 5.91 Å². The number of nitrogens with one attached hydrogen (secondary N) is 1. The summed E-state index contributed by atoms with van der Waals surface area (Å²) in [6.45, 7) is 4.31. The third kappa shape index (κ3) is 39.9. The fourth-order valence-electron chi connectivity index (χ4n) is 7.11. The van der Waals surface area contributed by atoms with E-state index in [0.29, 0.717) is 6.42 Å². The summed E-state index contributed by atoms with van der Waals surface area (Å²) in [5, 5.41) is 22.9. The van der Waals surface area contributed by atoms with Gasteiger partial charge < -0.3 is 15.5 Å². The van der Waals surface area contributed by atoms with Gasteiger partial charge in [0, 0.05) is 6.42 Å². The van der Waals surface area contributed by atoms with E-state index < -0.39 is 12.1 Å². The van der Waals surface area contributed by atoms with Crippen LogP contribution in [0.5, 0.6) is 0 Å². The number of hydrogen-bond donors (Lipinski definition) is 3. The van der Waals surface area contributed by atoms with Crippen LogP contribution in [-0.4, -0.2) is 34.9 Å². The van der Waals surface area contributed by atoms with E-state index in [0.717, 1.165) is 25.7 Å². The van der Waals surface area contributed by atoms with Crippen molar-refractivity contribution in [2.45, 2.75) is 264 Å². The highest BCUT2D eigenvalue weighted by atomic mass is 16.3. The predicted molar refractivity (Wildman–Crippen MR) is 225 cm³/mol. The fourth-order valence-corrected chi connectivity index (χ4v) is 7.11. The average molecular weight is 718 g/mol. The zero-order valence-electron chi connectivity index (χ0n) is 34.6. The Morgan fingerprint density at radius 2 is 0.745 bits per heavy atom. The largest absolute Gasteiger partial charge is 0.394 e. The molecule has 2 atom stereocenters. The van der Waals surface area contributed by atoms with Gasteiger partial charge in [-0.3, -0.25) is 4.79 Å². The van der Waals surface area contributed by atoms with E-state index in [1.807, 2.05) is 6.08 Å². The van der Waals surface area contributed by atoms with Gasteiger partial charge in [0.1, 0.15) is 0 Å². The number of rotatable bonds is 42. The van der Waals surface area contributed by atoms with Crippen LogP contribution in [0.4, 0.5) is 0 Å². The number of allylic oxidation sites excluding steroid dienone is 3. The minimum Gasteiger partial charge on any atom is -0.394 e. The van der Waals surface area contributed by atoms with Gasteiger partial charge in [-0.2, -0.15) is 0 Å². The summed E-state index contributed by atoms with van der Waals surface area (Å²) >= 11 is 0. The normalized spacial score (nSPS) is 13.1. The summed E-state index contributed by atoms with van der Waals surface area (Å²) in [7, 11) is 0. The van der Waals surface area contributed by atoms with Crippen LogP contribution in [-0.2, 0) is 4.79 Å². The van der Waals surface area contributed by atoms with Crippen LogP contribution in [0.3, 0.4) is 0 Å². The van der Waals surface area contributed by atoms with Gasteiger partial charge in [-0.15, -0.1) is 0 Å². The Hall–Kier alpha value is -1.13. The first-order chi connectivity index (χ1) is 25.2. The van der Waals surface area contributed by atoms with Crippen LogP contribution in [0.15, 0.2) is 24.3 Å². The van der Waals surface area contributed by atoms with Gasteiger partial charge in [-0.1, -0.05) is 224 Å². The lowest BCUT2D eigenvalue weighted by molar-refractivity contribution is -0.123. The molecule has 4 heteroatoms. The van der Waals surface area contributed by atoms with Crippen molar-refractivity contribution in [3.8, 4) is 0 Å². The van der Waals surface area contributed by atoms with Gasteiger partial charge in [-0.05, 0) is 44.9 Å². The van der Waals surface area contributed by atoms with Crippen molar-refractivity contribution < 1.29 is 15.0 Å². The van der Waals surface area contributed by atoms with Crippen LogP contribution in [0.1, 0.15) is 251 Å². The first kappa shape index (κ1) is 49.9. The van der Waals surface area contributed by atoms with Crippen LogP contribution in [0.25, 0.3) is 0 Å². The van der Waals surface area contributed by atoms with Crippen molar-refractivity contribution in [1.82, 2.24) is 5.32 Å². The Morgan fingerprint density at radius 1 is 0.451 bits per heavy atom. The van der Waals surface area contributed by atoms with Gasteiger partial charge in [0.25, 0.3) is 0 Å². The predicted octanol–water partition coefficient (Wildman–Crippen LogP) is 14.4. The maximum Gasteiger partial charge on any atom is 0.220 e. The third-order valence-electron chi connectivity index (χ3n) is 10.7. The van der Waals surface area contributed by atoms with E-state index in [1.165, 1.54) is 205 Å². The second kappa shape index (κ2) is 43.3. The molecule has 0 spiro atoms. The van der Waals surface area contributed by atoms with Crippen molar-refractivity contribution >= 4 is 5.91 Å². The molecule has 302 valence electrons. The van der Waals surface area contributed by atoms with E-state index in [2.05, 4.69) is 31.3 Å². The molecule has 0 fully saturated rings. The van der Waals surface area contributed by atoms with Crippen molar-refractivity contribution in [2.24, 2.45) is 0 Å². The molecule has 4 nitrogen and oxygen atoms in total. The van der Waals surface area contributed by atoms with E-state index >= 15 is 0 Å². The minimum atomic E-state index is -0.835. The number of aliphatic hydroxyl groups excluding tert-OH is 2. The smallest absolute Gasteiger partial charge is 0.220 e. The molecule has 0 bridgehead atoms. The molecule has 0 heterocycles. The molecule has 0 saturated heterocycles. The quantitative estimate of drug-likeness (QED) is 0.0435. The van der Waals surface area contributed by atoms with Crippen LogP contribution in [0, 0.1) is 0 Å². The number of amides is 1. The molecule has 2 unspecified atom stereocenters. The second-order valence-electron chi connectivity index (χ2n) is 15.8. The molecule has 0 radical (unpaired) electrons. The first-order valence-electron chi connectivity index (χ1n) is 23.1. The summed E-state index contributed by atoms with van der Waals surface area (Å²) in [6, 6.07) is -0.618. The Kier molecular flexibility index (Phi) is 42.3. The van der Waals surface area contributed by atoms with Crippen molar-refractivity contribution in [1.29, 1.82) is 0 Å². The molecule has 0 aromatic carbocycles. The van der Waals surface area contributed by atoms with Gasteiger partial charge in [-0.25, -0.2) is 0 Å². The monoisotopic (exact) mass is 718 g/mol. The van der Waals surface area contributed by atoms with Crippen molar-refractivity contribution in [3.63, 3.8) is 0 Å². The summed E-state index contributed by atoms with van der Waals surface area (Å²) in [5.74, 6) is -0.0636. The lowest BCUT2D eigenvalue weighted by atomic mass is 10.0. The average Bonchev–Trinajstić information content (AvgIpc) is 3.13. The highest BCUT2D eigenvalue weighted by Gasteiger charge is 2.17. The molecule has 0 aromatic heterocycles. The van der Waals surface area contributed by atoms with E-state index in [-0.39, 0.29) is 12.5 Å². The zero-order valence-corrected chi connectivity index (χ0v) is 34.6. The van der Waals surface area contributed by atoms with Crippen LogP contribution >= 0.6 is 0 Å². The van der Waals surface area contributed by atoms with Crippen LogP contribution in [0.2, 0.25) is 0 Å². The summed E-state index contributed by atoms with van der Waals surface area (Å²) in [6.07, 6.45) is 55.9. The zero-order chi connectivity index (χ0) is 37.1. The number of hydrogen-bond acceptors (Lipinski definition) is 3. The minimum absolute atomic E-state index is 0.0636. The summed E-state index contributed by atoms with van der Waals surface area (Å²) < 4.78 is 0. The number of carbonyl (C=O) groups excluding carboxylic acids is 1. The van der Waals surface area contributed by atoms with E-state index in [4.69, 9.17) is 0 Å². The number of aliphatic hydroxyl groups is 2.